The summed E-state index contributed by atoms with van der Waals surface area (Å²) in [4.78, 5) is 30.9. The van der Waals surface area contributed by atoms with Gasteiger partial charge < -0.3 is 0 Å². The third kappa shape index (κ3) is 3.28. The summed E-state index contributed by atoms with van der Waals surface area (Å²) in [6.07, 6.45) is 5.04. The van der Waals surface area contributed by atoms with Gasteiger partial charge >= 0.3 is 0 Å². The maximum atomic E-state index is 12.5. The molecule has 0 saturated heterocycles. The Morgan fingerprint density at radius 3 is 2.46 bits per heavy atom. The van der Waals surface area contributed by atoms with E-state index >= 15 is 0 Å². The Morgan fingerprint density at radius 2 is 1.75 bits per heavy atom. The molecule has 0 radical (unpaired) electrons. The number of hydrogen-bond acceptors (Lipinski definition) is 4. The van der Waals surface area contributed by atoms with Gasteiger partial charge in [-0.25, -0.2) is 4.98 Å². The molecule has 0 aliphatic carbocycles. The van der Waals surface area contributed by atoms with E-state index in [9.17, 15) is 9.59 Å². The number of nitriles is 1. The van der Waals surface area contributed by atoms with Gasteiger partial charge in [-0.15, -0.1) is 0 Å². The van der Waals surface area contributed by atoms with Crippen LogP contribution in [0, 0.1) is 11.3 Å². The molecule has 0 fully saturated rings. The van der Waals surface area contributed by atoms with Gasteiger partial charge in [0.2, 0.25) is 0 Å². The Labute approximate surface area is 162 Å². The highest BCUT2D eigenvalue weighted by Crippen LogP contribution is 2.25. The standard InChI is InChI=1S/C23H17N3O2/c24-13-5-1-2-6-18-11-10-17-14-16(9-12-21(17)25-18)15-26-22(27)19-7-3-4-8-20(19)23(26)28/h2-4,6-12,14H,1,5,15H2/b6-2+. The first-order valence-corrected chi connectivity index (χ1v) is 9.06. The van der Waals surface area contributed by atoms with Crippen LogP contribution in [-0.4, -0.2) is 21.7 Å². The second-order valence-electron chi connectivity index (χ2n) is 6.60. The normalized spacial score (nSPS) is 13.3. The fourth-order valence-corrected chi connectivity index (χ4v) is 3.30. The maximum Gasteiger partial charge on any atom is 0.261 e. The van der Waals surface area contributed by atoms with Crippen molar-refractivity contribution in [1.29, 1.82) is 5.26 Å². The van der Waals surface area contributed by atoms with Crippen molar-refractivity contribution in [2.24, 2.45) is 0 Å². The first-order chi connectivity index (χ1) is 13.7. The number of imide groups is 1. The number of hydrogen-bond donors (Lipinski definition) is 0. The zero-order valence-corrected chi connectivity index (χ0v) is 15.1. The molecule has 0 unspecified atom stereocenters. The molecule has 2 aromatic carbocycles. The van der Waals surface area contributed by atoms with Crippen molar-refractivity contribution in [3.8, 4) is 6.07 Å². The van der Waals surface area contributed by atoms with E-state index in [1.165, 1.54) is 4.90 Å². The summed E-state index contributed by atoms with van der Waals surface area (Å²) in [5.74, 6) is -0.506. The highest BCUT2D eigenvalue weighted by atomic mass is 16.2. The van der Waals surface area contributed by atoms with Crippen LogP contribution in [0.25, 0.3) is 17.0 Å². The molecule has 0 atom stereocenters. The topological polar surface area (TPSA) is 74.1 Å². The number of aromatic nitrogens is 1. The van der Waals surface area contributed by atoms with Gasteiger partial charge in [-0.3, -0.25) is 14.5 Å². The zero-order valence-electron chi connectivity index (χ0n) is 15.1. The lowest BCUT2D eigenvalue weighted by atomic mass is 10.1. The number of nitrogens with zero attached hydrogens (tertiary/aromatic N) is 3. The number of pyridine rings is 1. The van der Waals surface area contributed by atoms with E-state index < -0.39 is 0 Å². The van der Waals surface area contributed by atoms with E-state index in [1.54, 1.807) is 24.3 Å². The maximum absolute atomic E-state index is 12.5. The summed E-state index contributed by atoms with van der Waals surface area (Å²) in [5, 5.41) is 9.52. The van der Waals surface area contributed by atoms with Crippen LogP contribution >= 0.6 is 0 Å². The van der Waals surface area contributed by atoms with Crippen molar-refractivity contribution in [3.05, 3.63) is 83.1 Å². The number of amides is 2. The van der Waals surface area contributed by atoms with Gasteiger partial charge in [0.25, 0.3) is 11.8 Å². The van der Waals surface area contributed by atoms with Crippen molar-refractivity contribution in [2.45, 2.75) is 19.4 Å². The van der Waals surface area contributed by atoms with Crippen LogP contribution < -0.4 is 0 Å². The van der Waals surface area contributed by atoms with Gasteiger partial charge in [0.05, 0.1) is 35.0 Å². The number of rotatable bonds is 5. The first-order valence-electron chi connectivity index (χ1n) is 9.06. The molecule has 0 saturated carbocycles. The molecule has 5 nitrogen and oxygen atoms in total. The lowest BCUT2D eigenvalue weighted by Gasteiger charge is -2.14. The van der Waals surface area contributed by atoms with Crippen LogP contribution in [0.3, 0.4) is 0 Å². The monoisotopic (exact) mass is 367 g/mol. The lowest BCUT2D eigenvalue weighted by molar-refractivity contribution is 0.0642. The number of unbranched alkanes of at least 4 members (excludes halogenated alkanes) is 1. The highest BCUT2D eigenvalue weighted by molar-refractivity contribution is 6.21. The van der Waals surface area contributed by atoms with Crippen LogP contribution in [0.1, 0.15) is 44.8 Å². The van der Waals surface area contributed by atoms with Crippen molar-refractivity contribution in [3.63, 3.8) is 0 Å². The summed E-state index contributed by atoms with van der Waals surface area (Å²) in [6.45, 7) is 0.234. The summed E-state index contributed by atoms with van der Waals surface area (Å²) in [7, 11) is 0. The molecule has 0 N–H and O–H groups in total. The minimum atomic E-state index is -0.253. The van der Waals surface area contributed by atoms with E-state index in [0.717, 1.165) is 22.2 Å². The van der Waals surface area contributed by atoms with Gasteiger partial charge in [-0.2, -0.15) is 5.26 Å². The molecule has 2 heterocycles. The quantitative estimate of drug-likeness (QED) is 0.496. The molecular weight excluding hydrogens is 350 g/mol. The fourth-order valence-electron chi connectivity index (χ4n) is 3.30. The predicted molar refractivity (Wildman–Crippen MR) is 106 cm³/mol. The summed E-state index contributed by atoms with van der Waals surface area (Å²) >= 11 is 0. The average Bonchev–Trinajstić information content (AvgIpc) is 2.96. The Hall–Kier alpha value is -3.78. The fraction of sp³-hybridized carbons (Fsp3) is 0.130. The van der Waals surface area contributed by atoms with Gasteiger partial charge in [0.15, 0.2) is 0 Å². The third-order valence-corrected chi connectivity index (χ3v) is 4.71. The van der Waals surface area contributed by atoms with Gasteiger partial charge in [-0.05, 0) is 48.4 Å². The molecular formula is C23H17N3O2. The molecule has 1 aromatic heterocycles. The lowest BCUT2D eigenvalue weighted by Crippen LogP contribution is -2.29. The summed E-state index contributed by atoms with van der Waals surface area (Å²) in [5.41, 5.74) is 3.47. The number of carbonyl (C=O) groups is 2. The Kier molecular flexibility index (Phi) is 4.69. The highest BCUT2D eigenvalue weighted by Gasteiger charge is 2.34. The number of benzene rings is 2. The number of carbonyl (C=O) groups excluding carboxylic acids is 2. The van der Waals surface area contributed by atoms with E-state index in [2.05, 4.69) is 11.1 Å². The Balaban J connectivity index is 1.54. The van der Waals surface area contributed by atoms with E-state index in [1.807, 2.05) is 42.5 Å². The van der Waals surface area contributed by atoms with Crippen LogP contribution in [0.4, 0.5) is 0 Å². The van der Waals surface area contributed by atoms with Crippen LogP contribution in [-0.2, 0) is 6.54 Å². The predicted octanol–water partition coefficient (Wildman–Crippen LogP) is 4.35. The van der Waals surface area contributed by atoms with Crippen LogP contribution in [0.15, 0.2) is 60.7 Å². The van der Waals surface area contributed by atoms with E-state index in [-0.39, 0.29) is 18.4 Å². The molecule has 0 bridgehead atoms. The molecule has 28 heavy (non-hydrogen) atoms. The van der Waals surface area contributed by atoms with Gasteiger partial charge in [0.1, 0.15) is 0 Å². The number of allylic oxidation sites excluding steroid dienone is 1. The largest absolute Gasteiger partial charge is 0.270 e. The van der Waals surface area contributed by atoms with Crippen molar-refractivity contribution < 1.29 is 9.59 Å². The second-order valence-corrected chi connectivity index (χ2v) is 6.60. The van der Waals surface area contributed by atoms with E-state index in [4.69, 9.17) is 5.26 Å². The van der Waals surface area contributed by atoms with Gasteiger partial charge in [0, 0.05) is 11.8 Å². The van der Waals surface area contributed by atoms with Crippen molar-refractivity contribution in [1.82, 2.24) is 9.88 Å². The Morgan fingerprint density at radius 1 is 1.00 bits per heavy atom. The van der Waals surface area contributed by atoms with Crippen molar-refractivity contribution >= 4 is 28.8 Å². The third-order valence-electron chi connectivity index (χ3n) is 4.71. The van der Waals surface area contributed by atoms with Crippen LogP contribution in [0.5, 0.6) is 0 Å². The molecule has 0 spiro atoms. The molecule has 1 aliphatic rings. The van der Waals surface area contributed by atoms with Gasteiger partial charge in [-0.1, -0.05) is 30.3 Å². The Bertz CT molecular complexity index is 1120. The first kappa shape index (κ1) is 17.6. The zero-order chi connectivity index (χ0) is 19.5. The van der Waals surface area contributed by atoms with E-state index in [0.29, 0.717) is 24.0 Å². The molecule has 4 rings (SSSR count). The molecule has 1 aliphatic heterocycles. The molecule has 3 aromatic rings. The van der Waals surface area contributed by atoms with Crippen molar-refractivity contribution in [2.75, 3.05) is 0 Å². The minimum Gasteiger partial charge on any atom is -0.270 e. The smallest absolute Gasteiger partial charge is 0.261 e. The average molecular weight is 367 g/mol. The minimum absolute atomic E-state index is 0.234. The summed E-state index contributed by atoms with van der Waals surface area (Å²) in [6, 6.07) is 18.6. The number of fused-ring (bicyclic) bond motifs is 2. The summed E-state index contributed by atoms with van der Waals surface area (Å²) < 4.78 is 0. The molecule has 136 valence electrons. The molecule has 2 amide bonds. The SMILES string of the molecule is N#CCC/C=C/c1ccc2cc(CN3C(=O)c4ccccc4C3=O)ccc2n1. The van der Waals surface area contributed by atoms with Crippen LogP contribution in [0.2, 0.25) is 0 Å². The molecule has 5 heteroatoms. The second kappa shape index (κ2) is 7.45.